The van der Waals surface area contributed by atoms with Gasteiger partial charge in [0.15, 0.2) is 4.90 Å². The first-order valence-electron chi connectivity index (χ1n) is 7.45. The van der Waals surface area contributed by atoms with E-state index >= 15 is 0 Å². The number of hydrogen-bond acceptors (Lipinski definition) is 7. The quantitative estimate of drug-likeness (QED) is 0.589. The molecule has 10 heteroatoms. The molecule has 0 saturated carbocycles. The van der Waals surface area contributed by atoms with Crippen molar-refractivity contribution in [2.45, 2.75) is 30.3 Å². The van der Waals surface area contributed by atoms with Gasteiger partial charge in [0, 0.05) is 31.7 Å². The lowest BCUT2D eigenvalue weighted by Gasteiger charge is -2.41. The lowest BCUT2D eigenvalue weighted by Crippen LogP contribution is -2.60. The fraction of sp³-hybridized carbons (Fsp3) is 0.538. The zero-order chi connectivity index (χ0) is 16.6. The predicted molar refractivity (Wildman–Crippen MR) is 82.7 cm³/mol. The van der Waals surface area contributed by atoms with Crippen LogP contribution in [0, 0.1) is 10.1 Å². The number of piperazine rings is 1. The molecular formula is C13H19N5O4S. The number of rotatable bonds is 4. The van der Waals surface area contributed by atoms with Gasteiger partial charge in [-0.25, -0.2) is 18.9 Å². The molecule has 23 heavy (non-hydrogen) atoms. The van der Waals surface area contributed by atoms with Crippen LogP contribution in [0.1, 0.15) is 13.3 Å². The molecule has 0 aliphatic carbocycles. The molecule has 3 rings (SSSR count). The second-order valence-corrected chi connectivity index (χ2v) is 7.52. The van der Waals surface area contributed by atoms with Crippen molar-refractivity contribution in [1.82, 2.24) is 20.3 Å². The molecule has 0 radical (unpaired) electrons. The van der Waals surface area contributed by atoms with Crippen molar-refractivity contribution in [3.63, 3.8) is 0 Å². The van der Waals surface area contributed by atoms with Gasteiger partial charge in [0.05, 0.1) is 11.0 Å². The summed E-state index contributed by atoms with van der Waals surface area (Å²) in [5.74, 6) is 0. The first-order chi connectivity index (χ1) is 10.9. The van der Waals surface area contributed by atoms with E-state index in [-0.39, 0.29) is 22.7 Å². The Morgan fingerprint density at radius 1 is 1.35 bits per heavy atom. The normalized spacial score (nSPS) is 26.1. The minimum atomic E-state index is -3.93. The molecule has 0 unspecified atom stereocenters. The number of hydrogen-bond donors (Lipinski definition) is 2. The van der Waals surface area contributed by atoms with Crippen LogP contribution in [-0.2, 0) is 10.0 Å². The SMILES string of the molecule is CC[C@H]1CN2NNC[C@H]2CN1S(=O)(=O)c1ccccc1[N+](=O)[O-]. The maximum absolute atomic E-state index is 13.0. The predicted octanol–water partition coefficient (Wildman–Crippen LogP) is 0.0711. The van der Waals surface area contributed by atoms with E-state index in [0.29, 0.717) is 26.1 Å². The van der Waals surface area contributed by atoms with Crippen LogP contribution in [0.5, 0.6) is 0 Å². The van der Waals surface area contributed by atoms with Crippen molar-refractivity contribution < 1.29 is 13.3 Å². The summed E-state index contributed by atoms with van der Waals surface area (Å²) < 4.78 is 27.5. The van der Waals surface area contributed by atoms with Crippen LogP contribution in [0.3, 0.4) is 0 Å². The Kier molecular flexibility index (Phi) is 4.34. The number of nitro groups is 1. The molecule has 2 fully saturated rings. The van der Waals surface area contributed by atoms with Gasteiger partial charge in [-0.2, -0.15) is 9.84 Å². The Bertz CT molecular complexity index is 710. The fourth-order valence-corrected chi connectivity index (χ4v) is 4.97. The number of benzene rings is 1. The highest BCUT2D eigenvalue weighted by Gasteiger charge is 2.43. The smallest absolute Gasteiger partial charge is 0.258 e. The maximum Gasteiger partial charge on any atom is 0.289 e. The van der Waals surface area contributed by atoms with Crippen molar-refractivity contribution in [2.75, 3.05) is 19.6 Å². The second-order valence-electron chi connectivity index (χ2n) is 5.66. The number of para-hydroxylation sites is 1. The Balaban J connectivity index is 1.99. The van der Waals surface area contributed by atoms with Crippen LogP contribution in [0.15, 0.2) is 29.2 Å². The van der Waals surface area contributed by atoms with E-state index in [4.69, 9.17) is 0 Å². The Morgan fingerprint density at radius 3 is 2.78 bits per heavy atom. The van der Waals surface area contributed by atoms with Crippen molar-refractivity contribution in [1.29, 1.82) is 0 Å². The van der Waals surface area contributed by atoms with Crippen molar-refractivity contribution in [3.8, 4) is 0 Å². The summed E-state index contributed by atoms with van der Waals surface area (Å²) in [4.78, 5) is 10.3. The molecule has 9 nitrogen and oxygen atoms in total. The Hall–Kier alpha value is -1.59. The number of nitrogens with zero attached hydrogens (tertiary/aromatic N) is 3. The van der Waals surface area contributed by atoms with Gasteiger partial charge in [-0.1, -0.05) is 19.1 Å². The van der Waals surface area contributed by atoms with Gasteiger partial charge < -0.3 is 0 Å². The first-order valence-corrected chi connectivity index (χ1v) is 8.89. The average molecular weight is 341 g/mol. The van der Waals surface area contributed by atoms with E-state index in [9.17, 15) is 18.5 Å². The third kappa shape index (κ3) is 2.83. The maximum atomic E-state index is 13.0. The van der Waals surface area contributed by atoms with E-state index in [1.165, 1.54) is 28.6 Å². The van der Waals surface area contributed by atoms with Crippen LogP contribution in [0.2, 0.25) is 0 Å². The number of hydrazine groups is 2. The number of nitro benzene ring substituents is 1. The van der Waals surface area contributed by atoms with Gasteiger partial charge in [0.25, 0.3) is 5.69 Å². The van der Waals surface area contributed by atoms with E-state index in [0.717, 1.165) is 0 Å². The molecule has 2 atom stereocenters. The summed E-state index contributed by atoms with van der Waals surface area (Å²) in [7, 11) is -3.93. The first kappa shape index (κ1) is 16.3. The van der Waals surface area contributed by atoms with Crippen LogP contribution in [0.25, 0.3) is 0 Å². The molecule has 0 amide bonds. The van der Waals surface area contributed by atoms with E-state index in [2.05, 4.69) is 11.0 Å². The molecule has 1 aromatic carbocycles. The van der Waals surface area contributed by atoms with Crippen LogP contribution in [0.4, 0.5) is 5.69 Å². The van der Waals surface area contributed by atoms with Gasteiger partial charge in [0.1, 0.15) is 0 Å². The fourth-order valence-electron chi connectivity index (χ4n) is 3.08. The van der Waals surface area contributed by atoms with Crippen molar-refractivity contribution in [2.24, 2.45) is 0 Å². The molecule has 2 heterocycles. The minimum absolute atomic E-state index is 0.00958. The molecule has 1 aromatic rings. The molecule has 2 aliphatic heterocycles. The van der Waals surface area contributed by atoms with Gasteiger partial charge >= 0.3 is 0 Å². The van der Waals surface area contributed by atoms with E-state index in [1.807, 2.05) is 11.9 Å². The summed E-state index contributed by atoms with van der Waals surface area (Å²) in [6.07, 6.45) is 0.630. The highest BCUT2D eigenvalue weighted by Crippen LogP contribution is 2.30. The summed E-state index contributed by atoms with van der Waals surface area (Å²) >= 11 is 0. The van der Waals surface area contributed by atoms with Gasteiger partial charge in [-0.3, -0.25) is 10.1 Å². The lowest BCUT2D eigenvalue weighted by molar-refractivity contribution is -0.387. The zero-order valence-corrected chi connectivity index (χ0v) is 13.5. The minimum Gasteiger partial charge on any atom is -0.258 e. The summed E-state index contributed by atoms with van der Waals surface area (Å²) in [5.41, 5.74) is 5.63. The average Bonchev–Trinajstić information content (AvgIpc) is 3.00. The highest BCUT2D eigenvalue weighted by molar-refractivity contribution is 7.89. The summed E-state index contributed by atoms with van der Waals surface area (Å²) in [6.45, 7) is 3.37. The molecule has 2 N–H and O–H groups in total. The Morgan fingerprint density at radius 2 is 2.09 bits per heavy atom. The molecule has 2 saturated heterocycles. The van der Waals surface area contributed by atoms with Gasteiger partial charge in [0.2, 0.25) is 10.0 Å². The van der Waals surface area contributed by atoms with E-state index < -0.39 is 14.9 Å². The topological polar surface area (TPSA) is 108 Å². The zero-order valence-electron chi connectivity index (χ0n) is 12.7. The number of sulfonamides is 1. The standard InChI is InChI=1S/C13H19N5O4S/c1-2-10-8-16-11(7-14-15-16)9-17(10)23(21,22)13-6-4-3-5-12(13)18(19)20/h3-6,10-11,14-15H,2,7-9H2,1H3/t10-,11-/m0/s1. The van der Waals surface area contributed by atoms with Crippen LogP contribution >= 0.6 is 0 Å². The van der Waals surface area contributed by atoms with Crippen LogP contribution in [-0.4, -0.2) is 54.4 Å². The van der Waals surface area contributed by atoms with Crippen molar-refractivity contribution >= 4 is 15.7 Å². The summed E-state index contributed by atoms with van der Waals surface area (Å²) in [6, 6.07) is 5.28. The summed E-state index contributed by atoms with van der Waals surface area (Å²) in [5, 5.41) is 13.2. The number of fused-ring (bicyclic) bond motifs is 1. The third-order valence-electron chi connectivity index (χ3n) is 4.33. The highest BCUT2D eigenvalue weighted by atomic mass is 32.2. The molecule has 0 spiro atoms. The number of nitrogens with one attached hydrogen (secondary N) is 2. The largest absolute Gasteiger partial charge is 0.289 e. The molecule has 2 aliphatic rings. The van der Waals surface area contributed by atoms with Gasteiger partial charge in [-0.05, 0) is 12.5 Å². The monoisotopic (exact) mass is 341 g/mol. The van der Waals surface area contributed by atoms with E-state index in [1.54, 1.807) is 0 Å². The lowest BCUT2D eigenvalue weighted by atomic mass is 10.1. The third-order valence-corrected chi connectivity index (χ3v) is 6.29. The van der Waals surface area contributed by atoms with Gasteiger partial charge in [-0.15, -0.1) is 0 Å². The van der Waals surface area contributed by atoms with Crippen molar-refractivity contribution in [3.05, 3.63) is 34.4 Å². The Labute approximate surface area is 134 Å². The second kappa shape index (κ2) is 6.13. The molecule has 126 valence electrons. The molecular weight excluding hydrogens is 322 g/mol. The molecule has 0 bridgehead atoms. The van der Waals surface area contributed by atoms with Crippen LogP contribution < -0.4 is 11.0 Å². The molecule has 0 aromatic heterocycles.